The lowest BCUT2D eigenvalue weighted by Crippen LogP contribution is -2.23. The van der Waals surface area contributed by atoms with E-state index in [2.05, 4.69) is 4.72 Å². The number of nitrogen functional groups attached to an aromatic ring is 1. The van der Waals surface area contributed by atoms with Crippen LogP contribution in [0.4, 0.5) is 5.69 Å². The van der Waals surface area contributed by atoms with E-state index in [-0.39, 0.29) is 11.4 Å². The zero-order valence-electron chi connectivity index (χ0n) is 11.0. The fourth-order valence-electron chi connectivity index (χ4n) is 1.71. The van der Waals surface area contributed by atoms with E-state index >= 15 is 0 Å². The molecule has 0 saturated heterocycles. The standard InChI is InChI=1S/C14H16N2O3S/c1-19-12-6-8-13(9-7-12)20(17,18)16-10-11-4-2-3-5-14(11)15/h2-9,16H,10,15H2,1H3. The van der Waals surface area contributed by atoms with Gasteiger partial charge in [0.05, 0.1) is 12.0 Å². The van der Waals surface area contributed by atoms with Gasteiger partial charge in [0.15, 0.2) is 0 Å². The van der Waals surface area contributed by atoms with E-state index in [1.165, 1.54) is 19.2 Å². The van der Waals surface area contributed by atoms with Crippen LogP contribution in [0.1, 0.15) is 5.56 Å². The van der Waals surface area contributed by atoms with Crippen molar-refractivity contribution in [2.24, 2.45) is 0 Å². The summed E-state index contributed by atoms with van der Waals surface area (Å²) in [6.45, 7) is 0.154. The van der Waals surface area contributed by atoms with Crippen molar-refractivity contribution in [1.82, 2.24) is 4.72 Å². The minimum atomic E-state index is -3.56. The molecule has 0 aliphatic carbocycles. The summed E-state index contributed by atoms with van der Waals surface area (Å²) in [5.74, 6) is 0.608. The maximum atomic E-state index is 12.1. The number of methoxy groups -OCH3 is 1. The second-order valence-corrected chi connectivity index (χ2v) is 5.97. The van der Waals surface area contributed by atoms with Crippen molar-refractivity contribution in [3.63, 3.8) is 0 Å². The molecule has 106 valence electrons. The fourth-order valence-corrected chi connectivity index (χ4v) is 2.71. The molecule has 0 saturated carbocycles. The quantitative estimate of drug-likeness (QED) is 0.823. The minimum absolute atomic E-state index is 0.154. The van der Waals surface area contributed by atoms with Gasteiger partial charge < -0.3 is 10.5 Å². The monoisotopic (exact) mass is 292 g/mol. The topological polar surface area (TPSA) is 81.4 Å². The molecule has 0 aromatic heterocycles. The number of nitrogens with two attached hydrogens (primary N) is 1. The third-order valence-corrected chi connectivity index (χ3v) is 4.29. The number of benzene rings is 2. The van der Waals surface area contributed by atoms with Gasteiger partial charge in [-0.2, -0.15) is 0 Å². The molecule has 0 spiro atoms. The van der Waals surface area contributed by atoms with Gasteiger partial charge in [0.2, 0.25) is 10.0 Å². The number of para-hydroxylation sites is 1. The molecule has 0 fully saturated rings. The first kappa shape index (κ1) is 14.4. The molecule has 6 heteroatoms. The van der Waals surface area contributed by atoms with Gasteiger partial charge in [0, 0.05) is 12.2 Å². The summed E-state index contributed by atoms with van der Waals surface area (Å²) in [6.07, 6.45) is 0. The third kappa shape index (κ3) is 3.28. The summed E-state index contributed by atoms with van der Waals surface area (Å²) in [5, 5.41) is 0. The summed E-state index contributed by atoms with van der Waals surface area (Å²) in [6, 6.07) is 13.3. The van der Waals surface area contributed by atoms with E-state index in [9.17, 15) is 8.42 Å². The number of hydrogen-bond acceptors (Lipinski definition) is 4. The Labute approximate surface area is 118 Å². The average Bonchev–Trinajstić information content (AvgIpc) is 2.46. The molecule has 0 amide bonds. The summed E-state index contributed by atoms with van der Waals surface area (Å²) < 4.78 is 31.8. The van der Waals surface area contributed by atoms with E-state index in [4.69, 9.17) is 10.5 Å². The predicted octanol–water partition coefficient (Wildman–Crippen LogP) is 1.76. The highest BCUT2D eigenvalue weighted by Gasteiger charge is 2.14. The van der Waals surface area contributed by atoms with Crippen LogP contribution < -0.4 is 15.2 Å². The lowest BCUT2D eigenvalue weighted by molar-refractivity contribution is 0.414. The molecule has 0 heterocycles. The molecular formula is C14H16N2O3S. The molecule has 5 nitrogen and oxygen atoms in total. The van der Waals surface area contributed by atoms with Gasteiger partial charge in [-0.15, -0.1) is 0 Å². The van der Waals surface area contributed by atoms with Crippen LogP contribution in [0.3, 0.4) is 0 Å². The van der Waals surface area contributed by atoms with Crippen LogP contribution in [0.5, 0.6) is 5.75 Å². The SMILES string of the molecule is COc1ccc(S(=O)(=O)NCc2ccccc2N)cc1. The van der Waals surface area contributed by atoms with Crippen LogP contribution >= 0.6 is 0 Å². The zero-order valence-corrected chi connectivity index (χ0v) is 11.9. The molecule has 0 atom stereocenters. The van der Waals surface area contributed by atoms with Crippen molar-refractivity contribution in [2.45, 2.75) is 11.4 Å². The number of sulfonamides is 1. The molecule has 0 aliphatic heterocycles. The molecule has 0 aliphatic rings. The largest absolute Gasteiger partial charge is 0.497 e. The minimum Gasteiger partial charge on any atom is -0.497 e. The molecule has 0 radical (unpaired) electrons. The van der Waals surface area contributed by atoms with Crippen molar-refractivity contribution >= 4 is 15.7 Å². The summed E-state index contributed by atoms with van der Waals surface area (Å²) in [4.78, 5) is 0.188. The van der Waals surface area contributed by atoms with Gasteiger partial charge in [-0.3, -0.25) is 0 Å². The highest BCUT2D eigenvalue weighted by molar-refractivity contribution is 7.89. The van der Waals surface area contributed by atoms with Crippen molar-refractivity contribution in [1.29, 1.82) is 0 Å². The van der Waals surface area contributed by atoms with E-state index in [1.807, 2.05) is 6.07 Å². The Bertz CT molecular complexity index is 682. The first-order valence-electron chi connectivity index (χ1n) is 6.00. The zero-order chi connectivity index (χ0) is 14.6. The smallest absolute Gasteiger partial charge is 0.240 e. The second kappa shape index (κ2) is 5.94. The molecule has 2 aromatic carbocycles. The Hall–Kier alpha value is -2.05. The van der Waals surface area contributed by atoms with E-state index in [0.717, 1.165) is 5.56 Å². The molecule has 0 unspecified atom stereocenters. The predicted molar refractivity (Wildman–Crippen MR) is 77.9 cm³/mol. The van der Waals surface area contributed by atoms with Crippen LogP contribution in [0.25, 0.3) is 0 Å². The maximum Gasteiger partial charge on any atom is 0.240 e. The molecule has 0 bridgehead atoms. The maximum absolute atomic E-state index is 12.1. The Kier molecular flexibility index (Phi) is 4.26. The molecule has 2 aromatic rings. The molecule has 3 N–H and O–H groups in total. The lowest BCUT2D eigenvalue weighted by Gasteiger charge is -2.09. The normalized spacial score (nSPS) is 11.2. The molecular weight excluding hydrogens is 276 g/mol. The number of nitrogens with one attached hydrogen (secondary N) is 1. The fraction of sp³-hybridized carbons (Fsp3) is 0.143. The summed E-state index contributed by atoms with van der Waals surface area (Å²) >= 11 is 0. The number of rotatable bonds is 5. The van der Waals surface area contributed by atoms with Crippen molar-refractivity contribution in [3.8, 4) is 5.75 Å². The van der Waals surface area contributed by atoms with Gasteiger partial charge in [-0.1, -0.05) is 18.2 Å². The second-order valence-electron chi connectivity index (χ2n) is 4.20. The molecule has 20 heavy (non-hydrogen) atoms. The van der Waals surface area contributed by atoms with Gasteiger partial charge in [-0.25, -0.2) is 13.1 Å². The van der Waals surface area contributed by atoms with Gasteiger partial charge in [-0.05, 0) is 35.9 Å². The van der Waals surface area contributed by atoms with Crippen LogP contribution in [0.2, 0.25) is 0 Å². The van der Waals surface area contributed by atoms with Crippen molar-refractivity contribution in [2.75, 3.05) is 12.8 Å². The van der Waals surface area contributed by atoms with Gasteiger partial charge in [0.25, 0.3) is 0 Å². The number of anilines is 1. The van der Waals surface area contributed by atoms with Crippen LogP contribution in [0, 0.1) is 0 Å². The van der Waals surface area contributed by atoms with E-state index in [0.29, 0.717) is 11.4 Å². The number of hydrogen-bond donors (Lipinski definition) is 2. The first-order chi connectivity index (χ1) is 9.53. The van der Waals surface area contributed by atoms with Crippen LogP contribution in [-0.4, -0.2) is 15.5 Å². The van der Waals surface area contributed by atoms with Gasteiger partial charge >= 0.3 is 0 Å². The van der Waals surface area contributed by atoms with Crippen molar-refractivity contribution < 1.29 is 13.2 Å². The van der Waals surface area contributed by atoms with Crippen LogP contribution in [0.15, 0.2) is 53.4 Å². The Morgan fingerprint density at radius 1 is 1.10 bits per heavy atom. The average molecular weight is 292 g/mol. The summed E-state index contributed by atoms with van der Waals surface area (Å²) in [5.41, 5.74) is 7.08. The van der Waals surface area contributed by atoms with Crippen molar-refractivity contribution in [3.05, 3.63) is 54.1 Å². The third-order valence-electron chi connectivity index (χ3n) is 2.88. The van der Waals surface area contributed by atoms with E-state index in [1.54, 1.807) is 30.3 Å². The molecule has 2 rings (SSSR count). The highest BCUT2D eigenvalue weighted by Crippen LogP contribution is 2.16. The Morgan fingerprint density at radius 2 is 1.75 bits per heavy atom. The Balaban J connectivity index is 2.13. The van der Waals surface area contributed by atoms with Crippen LogP contribution in [-0.2, 0) is 16.6 Å². The summed E-state index contributed by atoms with van der Waals surface area (Å²) in [7, 11) is -2.03. The van der Waals surface area contributed by atoms with Gasteiger partial charge in [0.1, 0.15) is 5.75 Å². The van der Waals surface area contributed by atoms with E-state index < -0.39 is 10.0 Å². The Morgan fingerprint density at radius 3 is 2.35 bits per heavy atom. The number of ether oxygens (including phenoxy) is 1. The lowest BCUT2D eigenvalue weighted by atomic mass is 10.2. The first-order valence-corrected chi connectivity index (χ1v) is 7.48. The highest BCUT2D eigenvalue weighted by atomic mass is 32.2.